The highest BCUT2D eigenvalue weighted by atomic mass is 32.1. The molecule has 5 rings (SSSR count). The second-order valence-corrected chi connectivity index (χ2v) is 12.5. The van der Waals surface area contributed by atoms with Gasteiger partial charge in [0.05, 0.1) is 34.4 Å². The number of allylic oxidation sites excluding steroid dienone is 6. The van der Waals surface area contributed by atoms with E-state index in [2.05, 4.69) is 39.6 Å². The summed E-state index contributed by atoms with van der Waals surface area (Å²) in [5, 5.41) is 5.07. The van der Waals surface area contributed by atoms with Crippen molar-refractivity contribution in [2.24, 2.45) is 5.92 Å². The summed E-state index contributed by atoms with van der Waals surface area (Å²) >= 11 is 1.61. The number of thiazole rings is 1. The Kier molecular flexibility index (Phi) is 9.34. The van der Waals surface area contributed by atoms with Crippen LogP contribution in [0.15, 0.2) is 71.9 Å². The molecule has 0 aromatic carbocycles. The lowest BCUT2D eigenvalue weighted by molar-refractivity contribution is -0.137. The zero-order valence-corrected chi connectivity index (χ0v) is 24.8. The van der Waals surface area contributed by atoms with Gasteiger partial charge < -0.3 is 14.4 Å². The summed E-state index contributed by atoms with van der Waals surface area (Å²) in [7, 11) is -1.11. The number of alkyl halides is 3. The van der Waals surface area contributed by atoms with E-state index in [4.69, 9.17) is 14.0 Å². The van der Waals surface area contributed by atoms with Gasteiger partial charge in [0.15, 0.2) is 0 Å². The van der Waals surface area contributed by atoms with Gasteiger partial charge in [-0.05, 0) is 75.9 Å². The van der Waals surface area contributed by atoms with Gasteiger partial charge in [0, 0.05) is 29.5 Å². The van der Waals surface area contributed by atoms with E-state index in [0.717, 1.165) is 58.4 Å². The highest BCUT2D eigenvalue weighted by molar-refractivity contribution is 7.52. The Labute approximate surface area is 243 Å². The standard InChI is InChI=1S/C30H32F3N4O2PS/c1-4-38-40(39-5-2)23-10-9-21-15-20(16-23)7-6-8-24(21)29-35-18-26(41-29)25-13-19(3)14-28(36-25)37-27-17-22(11-12-34-27)30(31,32)33/h9-18,21,24H,4-8H2,1-3H3,(H,34,36,37). The SMILES string of the molecule is CCOP(OCC)C1=CC2=CC(C=C1)C(c1ncc(-c3cc(C)cc(Nc4cc(C(F)(F)F)ccn4)n3)s1)CCC2. The van der Waals surface area contributed by atoms with Crippen LogP contribution in [0.1, 0.15) is 55.2 Å². The molecule has 6 nitrogen and oxygen atoms in total. The predicted octanol–water partition coefficient (Wildman–Crippen LogP) is 9.32. The molecule has 1 N–H and O–H groups in total. The molecule has 0 aliphatic heterocycles. The van der Waals surface area contributed by atoms with E-state index in [1.807, 2.05) is 33.0 Å². The molecule has 3 aromatic rings. The van der Waals surface area contributed by atoms with Gasteiger partial charge in [-0.3, -0.25) is 0 Å². The third-order valence-electron chi connectivity index (χ3n) is 6.78. The average molecular weight is 601 g/mol. The maximum absolute atomic E-state index is 13.2. The molecule has 2 bridgehead atoms. The summed E-state index contributed by atoms with van der Waals surface area (Å²) in [5.41, 5.74) is 2.18. The van der Waals surface area contributed by atoms with E-state index in [1.165, 1.54) is 5.57 Å². The number of aromatic nitrogens is 3. The maximum atomic E-state index is 13.2. The van der Waals surface area contributed by atoms with Crippen LogP contribution in [0, 0.1) is 12.8 Å². The van der Waals surface area contributed by atoms with Crippen LogP contribution in [-0.4, -0.2) is 28.2 Å². The van der Waals surface area contributed by atoms with E-state index >= 15 is 0 Å². The van der Waals surface area contributed by atoms with Crippen LogP contribution >= 0.6 is 19.7 Å². The van der Waals surface area contributed by atoms with Crippen molar-refractivity contribution in [3.63, 3.8) is 0 Å². The van der Waals surface area contributed by atoms with Crippen LogP contribution in [0.4, 0.5) is 24.8 Å². The molecule has 0 saturated carbocycles. The van der Waals surface area contributed by atoms with Gasteiger partial charge in [-0.15, -0.1) is 11.3 Å². The molecule has 11 heteroatoms. The second kappa shape index (κ2) is 12.9. The fourth-order valence-corrected chi connectivity index (χ4v) is 7.38. The number of anilines is 2. The summed E-state index contributed by atoms with van der Waals surface area (Å²) < 4.78 is 51.3. The Balaban J connectivity index is 1.37. The van der Waals surface area contributed by atoms with Crippen LogP contribution in [0.25, 0.3) is 10.6 Å². The van der Waals surface area contributed by atoms with Crippen LogP contribution in [-0.2, 0) is 15.2 Å². The summed E-state index contributed by atoms with van der Waals surface area (Å²) in [4.78, 5) is 14.5. The largest absolute Gasteiger partial charge is 0.416 e. The molecule has 3 aromatic heterocycles. The summed E-state index contributed by atoms with van der Waals surface area (Å²) in [6, 6.07) is 5.67. The van der Waals surface area contributed by atoms with E-state index in [1.54, 1.807) is 17.4 Å². The molecule has 2 aliphatic rings. The Morgan fingerprint density at radius 1 is 1.10 bits per heavy atom. The number of pyridine rings is 2. The maximum Gasteiger partial charge on any atom is 0.416 e. The van der Waals surface area contributed by atoms with Crippen LogP contribution in [0.2, 0.25) is 0 Å². The van der Waals surface area contributed by atoms with Crippen molar-refractivity contribution in [3.8, 4) is 10.6 Å². The molecule has 2 unspecified atom stereocenters. The van der Waals surface area contributed by atoms with Gasteiger partial charge in [-0.2, -0.15) is 13.2 Å². The fourth-order valence-electron chi connectivity index (χ4n) is 4.99. The van der Waals surface area contributed by atoms with Crippen molar-refractivity contribution in [2.75, 3.05) is 18.5 Å². The minimum atomic E-state index is -4.45. The van der Waals surface area contributed by atoms with E-state index in [-0.39, 0.29) is 17.7 Å². The lowest BCUT2D eigenvalue weighted by atomic mass is 9.90. The molecule has 0 spiro atoms. The number of nitrogens with one attached hydrogen (secondary N) is 1. The second-order valence-electron chi connectivity index (χ2n) is 9.87. The first-order valence-corrected chi connectivity index (χ1v) is 15.6. The monoisotopic (exact) mass is 600 g/mol. The first-order chi connectivity index (χ1) is 19.7. The molecule has 0 amide bonds. The van der Waals surface area contributed by atoms with Crippen molar-refractivity contribution in [3.05, 3.63) is 88.0 Å². The lowest BCUT2D eigenvalue weighted by Gasteiger charge is -2.19. The predicted molar refractivity (Wildman–Crippen MR) is 158 cm³/mol. The number of rotatable bonds is 9. The molecule has 3 heterocycles. The first-order valence-electron chi connectivity index (χ1n) is 13.6. The zero-order chi connectivity index (χ0) is 29.0. The highest BCUT2D eigenvalue weighted by Crippen LogP contribution is 2.50. The van der Waals surface area contributed by atoms with E-state index in [0.29, 0.717) is 24.7 Å². The first kappa shape index (κ1) is 29.6. The number of hydrogen-bond acceptors (Lipinski definition) is 7. The molecular formula is C30H32F3N4O2PS. The minimum absolute atomic E-state index is 0.0837. The van der Waals surface area contributed by atoms with Gasteiger partial charge in [0.1, 0.15) is 11.6 Å². The number of fused-ring (bicyclic) bond motifs is 1. The average Bonchev–Trinajstić information content (AvgIpc) is 3.21. The molecule has 216 valence electrons. The smallest absolute Gasteiger partial charge is 0.331 e. The van der Waals surface area contributed by atoms with Crippen LogP contribution < -0.4 is 5.32 Å². The van der Waals surface area contributed by atoms with Crippen molar-refractivity contribution >= 4 is 31.3 Å². The van der Waals surface area contributed by atoms with Crippen molar-refractivity contribution < 1.29 is 22.2 Å². The topological polar surface area (TPSA) is 69.2 Å². The number of hydrogen-bond donors (Lipinski definition) is 1. The van der Waals surface area contributed by atoms with E-state index in [9.17, 15) is 13.2 Å². The Bertz CT molecular complexity index is 1460. The van der Waals surface area contributed by atoms with Crippen LogP contribution in [0.5, 0.6) is 0 Å². The molecule has 2 atom stereocenters. The summed E-state index contributed by atoms with van der Waals surface area (Å²) in [6.07, 6.45) is 10.6. The molecule has 0 saturated heterocycles. The normalized spacial score (nSPS) is 19.0. The van der Waals surface area contributed by atoms with Crippen molar-refractivity contribution in [1.82, 2.24) is 15.0 Å². The van der Waals surface area contributed by atoms with Gasteiger partial charge >= 0.3 is 6.18 Å². The highest BCUT2D eigenvalue weighted by Gasteiger charge is 2.31. The van der Waals surface area contributed by atoms with Crippen LogP contribution in [0.3, 0.4) is 0 Å². The van der Waals surface area contributed by atoms with Crippen molar-refractivity contribution in [2.45, 2.75) is 52.1 Å². The van der Waals surface area contributed by atoms with E-state index < -0.39 is 20.1 Å². The third kappa shape index (κ3) is 7.30. The molecule has 41 heavy (non-hydrogen) atoms. The zero-order valence-electron chi connectivity index (χ0n) is 23.1. The van der Waals surface area contributed by atoms with Gasteiger partial charge in [-0.25, -0.2) is 15.0 Å². The molecule has 0 radical (unpaired) electrons. The minimum Gasteiger partial charge on any atom is -0.331 e. The lowest BCUT2D eigenvalue weighted by Crippen LogP contribution is -2.07. The number of nitrogens with zero attached hydrogens (tertiary/aromatic N) is 3. The molecule has 2 aliphatic carbocycles. The number of halogens is 3. The van der Waals surface area contributed by atoms with Crippen molar-refractivity contribution in [1.29, 1.82) is 0 Å². The Hall–Kier alpha value is -2.91. The Morgan fingerprint density at radius 3 is 2.66 bits per heavy atom. The quantitative estimate of drug-likeness (QED) is 0.247. The van der Waals surface area contributed by atoms with Gasteiger partial charge in [0.2, 0.25) is 8.38 Å². The van der Waals surface area contributed by atoms with Gasteiger partial charge in [0.25, 0.3) is 0 Å². The third-order valence-corrected chi connectivity index (χ3v) is 9.62. The summed E-state index contributed by atoms with van der Waals surface area (Å²) in [5.74, 6) is 0.946. The molecular weight excluding hydrogens is 568 g/mol. The van der Waals surface area contributed by atoms with Gasteiger partial charge in [-0.1, -0.05) is 23.8 Å². The fraction of sp³-hybridized carbons (Fsp3) is 0.367. The Morgan fingerprint density at radius 2 is 1.90 bits per heavy atom. The number of aryl methyl sites for hydroxylation is 1. The molecule has 0 fully saturated rings. The summed E-state index contributed by atoms with van der Waals surface area (Å²) in [6.45, 7) is 7.10.